The van der Waals surface area contributed by atoms with Crippen molar-refractivity contribution in [2.24, 2.45) is 0 Å². The van der Waals surface area contributed by atoms with Gasteiger partial charge in [-0.25, -0.2) is 4.79 Å². The molecule has 0 aliphatic carbocycles. The highest BCUT2D eigenvalue weighted by Crippen LogP contribution is 2.17. The first-order valence-corrected chi connectivity index (χ1v) is 7.20. The number of anilines is 1. The fraction of sp³-hybridized carbons (Fsp3) is 0.308. The lowest BCUT2D eigenvalue weighted by molar-refractivity contribution is -0.137. The van der Waals surface area contributed by atoms with E-state index in [0.717, 1.165) is 4.90 Å². The van der Waals surface area contributed by atoms with Crippen molar-refractivity contribution in [3.05, 3.63) is 24.3 Å². The summed E-state index contributed by atoms with van der Waals surface area (Å²) in [4.78, 5) is 34.2. The van der Waals surface area contributed by atoms with Crippen LogP contribution in [0, 0.1) is 0 Å². The van der Waals surface area contributed by atoms with Crippen molar-refractivity contribution in [3.8, 4) is 0 Å². The number of benzene rings is 1. The van der Waals surface area contributed by atoms with Crippen LogP contribution in [0.5, 0.6) is 0 Å². The highest BCUT2D eigenvalue weighted by atomic mass is 32.2. The molecule has 0 atom stereocenters. The largest absolute Gasteiger partial charge is 0.481 e. The highest BCUT2D eigenvalue weighted by Gasteiger charge is 2.08. The minimum absolute atomic E-state index is 0.00509. The van der Waals surface area contributed by atoms with Gasteiger partial charge < -0.3 is 10.4 Å². The van der Waals surface area contributed by atoms with E-state index in [0.29, 0.717) is 5.69 Å². The molecule has 0 unspecified atom stereocenters. The second-order valence-electron chi connectivity index (χ2n) is 3.98. The zero-order valence-electron chi connectivity index (χ0n) is 11.0. The van der Waals surface area contributed by atoms with Gasteiger partial charge in [-0.2, -0.15) is 0 Å². The first-order valence-electron chi connectivity index (χ1n) is 5.98. The summed E-state index contributed by atoms with van der Waals surface area (Å²) in [5.41, 5.74) is 0.582. The third-order valence-corrected chi connectivity index (χ3v) is 3.14. The van der Waals surface area contributed by atoms with Crippen molar-refractivity contribution in [2.45, 2.75) is 24.2 Å². The average molecular weight is 296 g/mol. The van der Waals surface area contributed by atoms with Crippen LogP contribution in [0.25, 0.3) is 0 Å². The summed E-state index contributed by atoms with van der Waals surface area (Å²) in [6.45, 7) is 0. The SMILES string of the molecule is CSc1ccc(NC(=O)NC(=O)CCCC(=O)O)cc1. The fourth-order valence-electron chi connectivity index (χ4n) is 1.43. The van der Waals surface area contributed by atoms with Gasteiger partial charge in [0.05, 0.1) is 0 Å². The lowest BCUT2D eigenvalue weighted by Gasteiger charge is -2.07. The Hall–Kier alpha value is -2.02. The minimum Gasteiger partial charge on any atom is -0.481 e. The van der Waals surface area contributed by atoms with E-state index in [2.05, 4.69) is 10.6 Å². The van der Waals surface area contributed by atoms with Gasteiger partial charge in [0, 0.05) is 23.4 Å². The van der Waals surface area contributed by atoms with Crippen LogP contribution in [0.15, 0.2) is 29.2 Å². The molecule has 0 aromatic heterocycles. The predicted molar refractivity (Wildman–Crippen MR) is 76.9 cm³/mol. The minimum atomic E-state index is -0.962. The molecule has 7 heteroatoms. The number of aliphatic carboxylic acids is 1. The zero-order chi connectivity index (χ0) is 15.0. The molecule has 1 rings (SSSR count). The lowest BCUT2D eigenvalue weighted by Crippen LogP contribution is -2.34. The fourth-order valence-corrected chi connectivity index (χ4v) is 1.83. The van der Waals surface area contributed by atoms with Crippen LogP contribution < -0.4 is 10.6 Å². The first kappa shape index (κ1) is 16.0. The number of amides is 3. The molecule has 6 nitrogen and oxygen atoms in total. The molecular weight excluding hydrogens is 280 g/mol. The number of carboxylic acids is 1. The second-order valence-corrected chi connectivity index (χ2v) is 4.86. The van der Waals surface area contributed by atoms with Gasteiger partial charge in [0.15, 0.2) is 0 Å². The van der Waals surface area contributed by atoms with Gasteiger partial charge in [0.2, 0.25) is 5.91 Å². The van der Waals surface area contributed by atoms with Crippen LogP contribution in [0.4, 0.5) is 10.5 Å². The van der Waals surface area contributed by atoms with Gasteiger partial charge in [-0.15, -0.1) is 11.8 Å². The van der Waals surface area contributed by atoms with Crippen LogP contribution in [-0.2, 0) is 9.59 Å². The summed E-state index contributed by atoms with van der Waals surface area (Å²) in [6, 6.07) is 6.56. The molecule has 0 bridgehead atoms. The average Bonchev–Trinajstić information content (AvgIpc) is 2.38. The summed E-state index contributed by atoms with van der Waals surface area (Å²) in [7, 11) is 0. The third-order valence-electron chi connectivity index (χ3n) is 2.40. The Morgan fingerprint density at radius 3 is 2.35 bits per heavy atom. The van der Waals surface area contributed by atoms with Crippen molar-refractivity contribution < 1.29 is 19.5 Å². The second kappa shape index (κ2) is 8.21. The van der Waals surface area contributed by atoms with E-state index in [1.165, 1.54) is 0 Å². The summed E-state index contributed by atoms with van der Waals surface area (Å²) < 4.78 is 0. The Kier molecular flexibility index (Phi) is 6.58. The molecule has 0 saturated heterocycles. The number of rotatable bonds is 6. The number of hydrogen-bond acceptors (Lipinski definition) is 4. The summed E-state index contributed by atoms with van der Waals surface area (Å²) >= 11 is 1.59. The number of imide groups is 1. The van der Waals surface area contributed by atoms with E-state index in [1.807, 2.05) is 18.4 Å². The topological polar surface area (TPSA) is 95.5 Å². The van der Waals surface area contributed by atoms with E-state index >= 15 is 0 Å². The van der Waals surface area contributed by atoms with Gasteiger partial charge >= 0.3 is 12.0 Å². The molecule has 1 aromatic carbocycles. The summed E-state index contributed by atoms with van der Waals surface area (Å²) in [5, 5.41) is 13.1. The molecule has 0 fully saturated rings. The molecule has 108 valence electrons. The van der Waals surface area contributed by atoms with Crippen LogP contribution in [0.1, 0.15) is 19.3 Å². The lowest BCUT2D eigenvalue weighted by atomic mass is 10.2. The Morgan fingerprint density at radius 1 is 1.15 bits per heavy atom. The number of nitrogens with one attached hydrogen (secondary N) is 2. The smallest absolute Gasteiger partial charge is 0.325 e. The highest BCUT2D eigenvalue weighted by molar-refractivity contribution is 7.98. The Bertz CT molecular complexity index is 488. The van der Waals surface area contributed by atoms with E-state index in [1.54, 1.807) is 23.9 Å². The molecule has 0 aliphatic rings. The maximum atomic E-state index is 11.5. The standard InChI is InChI=1S/C13H16N2O4S/c1-20-10-7-5-9(6-8-10)14-13(19)15-11(16)3-2-4-12(17)18/h5-8H,2-4H2,1H3,(H,17,18)(H2,14,15,16,19). The molecule has 1 aromatic rings. The van der Waals surface area contributed by atoms with Gasteiger partial charge in [-0.3, -0.25) is 14.9 Å². The van der Waals surface area contributed by atoms with Gasteiger partial charge in [0.25, 0.3) is 0 Å². The van der Waals surface area contributed by atoms with Crippen molar-refractivity contribution in [1.29, 1.82) is 0 Å². The monoisotopic (exact) mass is 296 g/mol. The summed E-state index contributed by atoms with van der Waals surface area (Å²) in [6.07, 6.45) is 2.07. The van der Waals surface area contributed by atoms with Gasteiger partial charge in [-0.05, 0) is 36.9 Å². The molecule has 20 heavy (non-hydrogen) atoms. The molecule has 3 N–H and O–H groups in total. The van der Waals surface area contributed by atoms with Crippen LogP contribution >= 0.6 is 11.8 Å². The van der Waals surface area contributed by atoms with Crippen molar-refractivity contribution in [1.82, 2.24) is 5.32 Å². The Balaban J connectivity index is 2.34. The van der Waals surface area contributed by atoms with Crippen molar-refractivity contribution in [2.75, 3.05) is 11.6 Å². The molecule has 0 spiro atoms. The Morgan fingerprint density at radius 2 is 1.80 bits per heavy atom. The number of carbonyl (C=O) groups excluding carboxylic acids is 2. The molecule has 0 saturated carbocycles. The summed E-state index contributed by atoms with van der Waals surface area (Å²) in [5.74, 6) is -1.46. The van der Waals surface area contributed by atoms with Crippen LogP contribution in [0.3, 0.4) is 0 Å². The van der Waals surface area contributed by atoms with E-state index in [-0.39, 0.29) is 19.3 Å². The predicted octanol–water partition coefficient (Wildman–Crippen LogP) is 2.31. The van der Waals surface area contributed by atoms with Gasteiger partial charge in [0.1, 0.15) is 0 Å². The number of carboxylic acid groups (broad SMARTS) is 1. The number of thioether (sulfide) groups is 1. The van der Waals surface area contributed by atoms with Crippen LogP contribution in [0.2, 0.25) is 0 Å². The normalized spacial score (nSPS) is 9.85. The van der Waals surface area contributed by atoms with E-state index in [4.69, 9.17) is 5.11 Å². The Labute approximate surface area is 120 Å². The third kappa shape index (κ3) is 6.24. The molecular formula is C13H16N2O4S. The van der Waals surface area contributed by atoms with Crippen molar-refractivity contribution in [3.63, 3.8) is 0 Å². The zero-order valence-corrected chi connectivity index (χ0v) is 11.8. The number of hydrogen-bond donors (Lipinski definition) is 3. The maximum Gasteiger partial charge on any atom is 0.325 e. The number of urea groups is 1. The van der Waals surface area contributed by atoms with E-state index < -0.39 is 17.9 Å². The first-order chi connectivity index (χ1) is 9.51. The molecule has 0 aliphatic heterocycles. The van der Waals surface area contributed by atoms with E-state index in [9.17, 15) is 14.4 Å². The van der Waals surface area contributed by atoms with Crippen LogP contribution in [-0.4, -0.2) is 29.3 Å². The molecule has 3 amide bonds. The molecule has 0 radical (unpaired) electrons. The van der Waals surface area contributed by atoms with Gasteiger partial charge in [-0.1, -0.05) is 0 Å². The quantitative estimate of drug-likeness (QED) is 0.700. The molecule has 0 heterocycles. The van der Waals surface area contributed by atoms with Crippen molar-refractivity contribution >= 4 is 35.4 Å². The number of carbonyl (C=O) groups is 3. The maximum absolute atomic E-state index is 11.5.